The molecule has 0 bridgehead atoms. The molecule has 0 atom stereocenters. The van der Waals surface area contributed by atoms with Gasteiger partial charge in [-0.05, 0) is 34.4 Å². The number of hydrogen-bond acceptors (Lipinski definition) is 1. The summed E-state index contributed by atoms with van der Waals surface area (Å²) in [6.07, 6.45) is 0. The Balaban J connectivity index is 2.10. The van der Waals surface area contributed by atoms with Crippen LogP contribution in [-0.2, 0) is 0 Å². The highest BCUT2D eigenvalue weighted by molar-refractivity contribution is 5.83. The third-order valence-electron chi connectivity index (χ3n) is 3.50. The van der Waals surface area contributed by atoms with E-state index in [1.807, 2.05) is 13.1 Å². The van der Waals surface area contributed by atoms with Crippen LogP contribution >= 0.6 is 0 Å². The van der Waals surface area contributed by atoms with Gasteiger partial charge in [-0.2, -0.15) is 0 Å². The Bertz CT molecular complexity index is 684. The van der Waals surface area contributed by atoms with Gasteiger partial charge in [0.15, 0.2) is 0 Å². The molecule has 1 N–H and O–H groups in total. The molecule has 0 saturated heterocycles. The molecule has 1 heteroatoms. The average molecular weight is 259 g/mol. The van der Waals surface area contributed by atoms with Crippen LogP contribution in [0.4, 0.5) is 5.69 Å². The van der Waals surface area contributed by atoms with Crippen molar-refractivity contribution >= 4 is 5.69 Å². The second-order valence-electron chi connectivity index (χ2n) is 4.74. The van der Waals surface area contributed by atoms with Crippen LogP contribution in [0.1, 0.15) is 0 Å². The first-order chi connectivity index (χ1) is 9.88. The van der Waals surface area contributed by atoms with Crippen molar-refractivity contribution in [3.05, 3.63) is 78.9 Å². The summed E-state index contributed by atoms with van der Waals surface area (Å²) in [7, 11) is 1.94. The predicted octanol–water partition coefficient (Wildman–Crippen LogP) is 5.06. The maximum absolute atomic E-state index is 3.15. The van der Waals surface area contributed by atoms with Gasteiger partial charge in [0.2, 0.25) is 0 Å². The molecule has 0 aliphatic carbocycles. The quantitative estimate of drug-likeness (QED) is 0.693. The monoisotopic (exact) mass is 259 g/mol. The zero-order valence-electron chi connectivity index (χ0n) is 11.5. The average Bonchev–Trinajstić information content (AvgIpc) is 2.56. The van der Waals surface area contributed by atoms with Crippen molar-refractivity contribution in [3.63, 3.8) is 0 Å². The number of benzene rings is 3. The zero-order valence-corrected chi connectivity index (χ0v) is 11.5. The Morgan fingerprint density at radius 3 is 1.60 bits per heavy atom. The summed E-state index contributed by atoms with van der Waals surface area (Å²) in [5, 5.41) is 3.15. The second-order valence-corrected chi connectivity index (χ2v) is 4.74. The maximum atomic E-state index is 3.15. The van der Waals surface area contributed by atoms with E-state index in [0.717, 1.165) is 5.69 Å². The summed E-state index contributed by atoms with van der Waals surface area (Å²) in [5.74, 6) is 0. The van der Waals surface area contributed by atoms with Gasteiger partial charge in [-0.3, -0.25) is 0 Å². The largest absolute Gasteiger partial charge is 0.388 e. The van der Waals surface area contributed by atoms with E-state index in [1.54, 1.807) is 0 Å². The molecule has 0 aromatic heterocycles. The molecule has 0 aliphatic heterocycles. The molecule has 3 rings (SSSR count). The number of nitrogens with one attached hydrogen (secondary N) is 1. The van der Waals surface area contributed by atoms with E-state index in [2.05, 4.69) is 78.1 Å². The lowest BCUT2D eigenvalue weighted by molar-refractivity contribution is 1.50. The van der Waals surface area contributed by atoms with Crippen LogP contribution in [0.5, 0.6) is 0 Å². The smallest absolute Gasteiger partial charge is 0.0337 e. The molecule has 0 radical (unpaired) electrons. The Morgan fingerprint density at radius 2 is 1.05 bits per heavy atom. The van der Waals surface area contributed by atoms with Crippen LogP contribution in [0.3, 0.4) is 0 Å². The molecule has 0 heterocycles. The van der Waals surface area contributed by atoms with Crippen molar-refractivity contribution in [2.45, 2.75) is 0 Å². The third-order valence-corrected chi connectivity index (χ3v) is 3.50. The van der Waals surface area contributed by atoms with E-state index in [9.17, 15) is 0 Å². The van der Waals surface area contributed by atoms with E-state index in [1.165, 1.54) is 22.3 Å². The van der Waals surface area contributed by atoms with Crippen molar-refractivity contribution in [3.8, 4) is 22.3 Å². The molecule has 0 fully saturated rings. The van der Waals surface area contributed by atoms with Gasteiger partial charge >= 0.3 is 0 Å². The highest BCUT2D eigenvalue weighted by Crippen LogP contribution is 2.32. The first kappa shape index (κ1) is 12.5. The van der Waals surface area contributed by atoms with Crippen molar-refractivity contribution in [1.82, 2.24) is 0 Å². The topological polar surface area (TPSA) is 12.0 Å². The number of anilines is 1. The van der Waals surface area contributed by atoms with Gasteiger partial charge in [0.1, 0.15) is 0 Å². The second kappa shape index (κ2) is 5.62. The first-order valence-corrected chi connectivity index (χ1v) is 6.81. The van der Waals surface area contributed by atoms with Gasteiger partial charge in [-0.1, -0.05) is 66.7 Å². The summed E-state index contributed by atoms with van der Waals surface area (Å²) < 4.78 is 0. The molecule has 3 aromatic carbocycles. The minimum atomic E-state index is 1.13. The summed E-state index contributed by atoms with van der Waals surface area (Å²) in [6.45, 7) is 0. The molecular formula is C19H17N. The Kier molecular flexibility index (Phi) is 3.51. The van der Waals surface area contributed by atoms with E-state index >= 15 is 0 Å². The molecule has 0 amide bonds. The minimum absolute atomic E-state index is 1.13. The van der Waals surface area contributed by atoms with E-state index in [-0.39, 0.29) is 0 Å². The van der Waals surface area contributed by atoms with Crippen LogP contribution in [0.2, 0.25) is 0 Å². The van der Waals surface area contributed by atoms with Crippen molar-refractivity contribution in [1.29, 1.82) is 0 Å². The van der Waals surface area contributed by atoms with Gasteiger partial charge in [0.25, 0.3) is 0 Å². The van der Waals surface area contributed by atoms with Gasteiger partial charge in [-0.15, -0.1) is 0 Å². The zero-order chi connectivity index (χ0) is 13.8. The number of rotatable bonds is 3. The fourth-order valence-electron chi connectivity index (χ4n) is 2.42. The molecular weight excluding hydrogens is 242 g/mol. The van der Waals surface area contributed by atoms with E-state index < -0.39 is 0 Å². The standard InChI is InChI=1S/C19H17N/c1-20-17-13-11-16(12-14-17)19-10-6-5-9-18(19)15-7-3-2-4-8-15/h2-14,20H,1H3. The molecule has 1 nitrogen and oxygen atoms in total. The normalized spacial score (nSPS) is 10.2. The van der Waals surface area contributed by atoms with Crippen LogP contribution in [0.25, 0.3) is 22.3 Å². The lowest BCUT2D eigenvalue weighted by atomic mass is 9.94. The highest BCUT2D eigenvalue weighted by atomic mass is 14.8. The molecule has 0 aliphatic rings. The van der Waals surface area contributed by atoms with Crippen molar-refractivity contribution in [2.24, 2.45) is 0 Å². The molecule has 98 valence electrons. The summed E-state index contributed by atoms with van der Waals surface area (Å²) in [6, 6.07) is 27.6. The molecule has 0 saturated carbocycles. The summed E-state index contributed by atoms with van der Waals surface area (Å²) in [4.78, 5) is 0. The van der Waals surface area contributed by atoms with Gasteiger partial charge in [0.05, 0.1) is 0 Å². The Morgan fingerprint density at radius 1 is 0.550 bits per heavy atom. The van der Waals surface area contributed by atoms with Crippen LogP contribution in [0, 0.1) is 0 Å². The Labute approximate surface area is 119 Å². The van der Waals surface area contributed by atoms with Gasteiger partial charge in [-0.25, -0.2) is 0 Å². The predicted molar refractivity (Wildman–Crippen MR) is 86.9 cm³/mol. The lowest BCUT2D eigenvalue weighted by Crippen LogP contribution is -1.88. The van der Waals surface area contributed by atoms with Gasteiger partial charge in [0, 0.05) is 12.7 Å². The Hall–Kier alpha value is -2.54. The highest BCUT2D eigenvalue weighted by Gasteiger charge is 2.06. The van der Waals surface area contributed by atoms with Crippen LogP contribution in [-0.4, -0.2) is 7.05 Å². The molecule has 3 aromatic rings. The minimum Gasteiger partial charge on any atom is -0.388 e. The summed E-state index contributed by atoms with van der Waals surface area (Å²) >= 11 is 0. The SMILES string of the molecule is CNc1ccc(-c2ccccc2-c2ccccc2)cc1. The fourth-order valence-corrected chi connectivity index (χ4v) is 2.42. The number of hydrogen-bond donors (Lipinski definition) is 1. The third kappa shape index (κ3) is 2.43. The first-order valence-electron chi connectivity index (χ1n) is 6.81. The van der Waals surface area contributed by atoms with Crippen LogP contribution < -0.4 is 5.32 Å². The van der Waals surface area contributed by atoms with E-state index in [4.69, 9.17) is 0 Å². The van der Waals surface area contributed by atoms with Crippen LogP contribution in [0.15, 0.2) is 78.9 Å². The van der Waals surface area contributed by atoms with Gasteiger partial charge < -0.3 is 5.32 Å². The molecule has 20 heavy (non-hydrogen) atoms. The van der Waals surface area contributed by atoms with E-state index in [0.29, 0.717) is 0 Å². The summed E-state index contributed by atoms with van der Waals surface area (Å²) in [5.41, 5.74) is 6.15. The van der Waals surface area contributed by atoms with Crippen molar-refractivity contribution in [2.75, 3.05) is 12.4 Å². The maximum Gasteiger partial charge on any atom is 0.0337 e. The fraction of sp³-hybridized carbons (Fsp3) is 0.0526. The van der Waals surface area contributed by atoms with Crippen molar-refractivity contribution < 1.29 is 0 Å². The molecule has 0 spiro atoms. The lowest BCUT2D eigenvalue weighted by Gasteiger charge is -2.10. The molecule has 0 unspecified atom stereocenters.